The molecule has 0 aliphatic rings. The van der Waals surface area contributed by atoms with Crippen LogP contribution in [0.5, 0.6) is 11.5 Å². The Hall–Kier alpha value is -1.32. The minimum Gasteiger partial charge on any atom is -0.457 e. The van der Waals surface area contributed by atoms with Crippen molar-refractivity contribution in [1.29, 1.82) is 0 Å². The first-order valence-corrected chi connectivity index (χ1v) is 8.07. The summed E-state index contributed by atoms with van der Waals surface area (Å²) in [5.41, 5.74) is 9.24. The molecule has 2 aromatic carbocycles. The second kappa shape index (κ2) is 7.10. The molecular weight excluding hydrogens is 326 g/mol. The summed E-state index contributed by atoms with van der Waals surface area (Å²) >= 11 is 3.59. The maximum absolute atomic E-state index is 6.10. The van der Waals surface area contributed by atoms with E-state index in [1.165, 1.54) is 16.7 Å². The van der Waals surface area contributed by atoms with E-state index in [9.17, 15) is 0 Å². The Morgan fingerprint density at radius 3 is 2.52 bits per heavy atom. The first-order valence-electron chi connectivity index (χ1n) is 7.28. The van der Waals surface area contributed by atoms with Crippen molar-refractivity contribution in [3.05, 3.63) is 57.6 Å². The van der Waals surface area contributed by atoms with Crippen molar-refractivity contribution in [1.82, 2.24) is 0 Å². The Morgan fingerprint density at radius 2 is 1.90 bits per heavy atom. The van der Waals surface area contributed by atoms with E-state index in [4.69, 9.17) is 10.5 Å². The monoisotopic (exact) mass is 347 g/mol. The highest BCUT2D eigenvalue weighted by Gasteiger charge is 2.10. The van der Waals surface area contributed by atoms with Gasteiger partial charge in [0.05, 0.1) is 0 Å². The van der Waals surface area contributed by atoms with Crippen LogP contribution in [-0.4, -0.2) is 6.54 Å². The number of hydrogen-bond acceptors (Lipinski definition) is 2. The largest absolute Gasteiger partial charge is 0.457 e. The molecule has 21 heavy (non-hydrogen) atoms. The minimum absolute atomic E-state index is 0.431. The van der Waals surface area contributed by atoms with Gasteiger partial charge in [0, 0.05) is 4.47 Å². The lowest BCUT2D eigenvalue weighted by atomic mass is 10.0. The smallest absolute Gasteiger partial charge is 0.131 e. The van der Waals surface area contributed by atoms with Crippen LogP contribution in [0.1, 0.15) is 36.5 Å². The van der Waals surface area contributed by atoms with Gasteiger partial charge < -0.3 is 10.5 Å². The van der Waals surface area contributed by atoms with E-state index in [-0.39, 0.29) is 0 Å². The fourth-order valence-corrected chi connectivity index (χ4v) is 2.84. The molecule has 0 radical (unpaired) electrons. The Kier molecular flexibility index (Phi) is 5.43. The van der Waals surface area contributed by atoms with Crippen molar-refractivity contribution in [2.75, 3.05) is 6.54 Å². The summed E-state index contributed by atoms with van der Waals surface area (Å²) in [7, 11) is 0. The van der Waals surface area contributed by atoms with Gasteiger partial charge in [-0.15, -0.1) is 0 Å². The van der Waals surface area contributed by atoms with Crippen molar-refractivity contribution < 1.29 is 4.74 Å². The first-order chi connectivity index (χ1) is 10.0. The van der Waals surface area contributed by atoms with Crippen LogP contribution in [0, 0.1) is 6.92 Å². The van der Waals surface area contributed by atoms with E-state index in [1.54, 1.807) is 0 Å². The Bertz CT molecular complexity index is 623. The highest BCUT2D eigenvalue weighted by Crippen LogP contribution is 2.33. The molecule has 0 unspecified atom stereocenters. The lowest BCUT2D eigenvalue weighted by Gasteiger charge is -2.15. The summed E-state index contributed by atoms with van der Waals surface area (Å²) in [5.74, 6) is 2.21. The average molecular weight is 348 g/mol. The van der Waals surface area contributed by atoms with Crippen LogP contribution in [0.3, 0.4) is 0 Å². The molecule has 0 amide bonds. The van der Waals surface area contributed by atoms with Gasteiger partial charge in [0.1, 0.15) is 11.5 Å². The van der Waals surface area contributed by atoms with Crippen LogP contribution >= 0.6 is 15.9 Å². The predicted molar refractivity (Wildman–Crippen MR) is 92.2 cm³/mol. The lowest BCUT2D eigenvalue weighted by molar-refractivity contribution is 0.472. The molecule has 0 saturated heterocycles. The molecule has 0 bridgehead atoms. The van der Waals surface area contributed by atoms with Gasteiger partial charge in [-0.2, -0.15) is 0 Å². The number of halogens is 1. The number of hydrogen-bond donors (Lipinski definition) is 1. The molecule has 0 spiro atoms. The molecule has 0 aliphatic carbocycles. The van der Waals surface area contributed by atoms with Crippen molar-refractivity contribution in [2.45, 2.75) is 33.1 Å². The first kappa shape index (κ1) is 16.1. The number of rotatable bonds is 5. The number of aryl methyl sites for hydroxylation is 1. The van der Waals surface area contributed by atoms with Gasteiger partial charge >= 0.3 is 0 Å². The zero-order valence-corrected chi connectivity index (χ0v) is 14.4. The highest BCUT2D eigenvalue weighted by molar-refractivity contribution is 9.10. The Balaban J connectivity index is 2.29. The third kappa shape index (κ3) is 4.08. The summed E-state index contributed by atoms with van der Waals surface area (Å²) in [6.45, 7) is 7.08. The molecule has 2 nitrogen and oxygen atoms in total. The normalized spacial score (nSPS) is 11.0. The van der Waals surface area contributed by atoms with Gasteiger partial charge in [0.25, 0.3) is 0 Å². The molecule has 0 saturated carbocycles. The van der Waals surface area contributed by atoms with Gasteiger partial charge in [-0.25, -0.2) is 0 Å². The fourth-order valence-electron chi connectivity index (χ4n) is 2.28. The summed E-state index contributed by atoms with van der Waals surface area (Å²) in [6, 6.07) is 12.4. The van der Waals surface area contributed by atoms with Crippen LogP contribution < -0.4 is 10.5 Å². The zero-order chi connectivity index (χ0) is 15.4. The Morgan fingerprint density at radius 1 is 1.14 bits per heavy atom. The average Bonchev–Trinajstić information content (AvgIpc) is 2.42. The van der Waals surface area contributed by atoms with Crippen molar-refractivity contribution in [3.8, 4) is 11.5 Å². The van der Waals surface area contributed by atoms with E-state index in [0.717, 1.165) is 22.4 Å². The van der Waals surface area contributed by atoms with Gasteiger partial charge in [-0.1, -0.05) is 48.0 Å². The molecule has 0 aliphatic heterocycles. The molecule has 0 atom stereocenters. The quantitative estimate of drug-likeness (QED) is 0.809. The summed E-state index contributed by atoms with van der Waals surface area (Å²) in [4.78, 5) is 0. The second-order valence-electron chi connectivity index (χ2n) is 5.59. The molecule has 2 rings (SSSR count). The molecule has 0 heterocycles. The zero-order valence-electron chi connectivity index (χ0n) is 12.8. The van der Waals surface area contributed by atoms with E-state index in [1.807, 2.05) is 12.1 Å². The van der Waals surface area contributed by atoms with Crippen molar-refractivity contribution in [2.24, 2.45) is 5.73 Å². The maximum atomic E-state index is 6.10. The van der Waals surface area contributed by atoms with E-state index in [2.05, 4.69) is 61.0 Å². The van der Waals surface area contributed by atoms with Gasteiger partial charge in [0.15, 0.2) is 0 Å². The van der Waals surface area contributed by atoms with Crippen LogP contribution in [-0.2, 0) is 6.42 Å². The van der Waals surface area contributed by atoms with E-state index < -0.39 is 0 Å². The Labute approximate surface area is 135 Å². The number of nitrogens with two attached hydrogens (primary N) is 1. The molecule has 0 aromatic heterocycles. The molecular formula is C18H22BrNO. The second-order valence-corrected chi connectivity index (χ2v) is 6.44. The van der Waals surface area contributed by atoms with Gasteiger partial charge in [0.2, 0.25) is 0 Å². The number of benzene rings is 2. The fraction of sp³-hybridized carbons (Fsp3) is 0.333. The summed E-state index contributed by atoms with van der Waals surface area (Å²) < 4.78 is 7.15. The summed E-state index contributed by atoms with van der Waals surface area (Å²) in [5, 5.41) is 0. The standard InChI is InChI=1S/C18H22BrNO/c1-12(2)16-7-4-13(3)10-18(16)21-15-6-5-14(8-9-20)17(19)11-15/h4-7,10-12H,8-9,20H2,1-3H3. The molecule has 0 fully saturated rings. The van der Waals surface area contributed by atoms with Crippen molar-refractivity contribution >= 4 is 15.9 Å². The van der Waals surface area contributed by atoms with Gasteiger partial charge in [-0.3, -0.25) is 0 Å². The molecule has 112 valence electrons. The third-order valence-electron chi connectivity index (χ3n) is 3.46. The topological polar surface area (TPSA) is 35.2 Å². The van der Waals surface area contributed by atoms with Crippen LogP contribution in [0.4, 0.5) is 0 Å². The van der Waals surface area contributed by atoms with Gasteiger partial charge in [-0.05, 0) is 60.7 Å². The predicted octanol–water partition coefficient (Wildman–Crippen LogP) is 5.17. The molecule has 2 N–H and O–H groups in total. The molecule has 3 heteroatoms. The van der Waals surface area contributed by atoms with E-state index >= 15 is 0 Å². The van der Waals surface area contributed by atoms with Crippen LogP contribution in [0.25, 0.3) is 0 Å². The third-order valence-corrected chi connectivity index (χ3v) is 4.20. The molecule has 2 aromatic rings. The maximum Gasteiger partial charge on any atom is 0.131 e. The van der Waals surface area contributed by atoms with Crippen molar-refractivity contribution in [3.63, 3.8) is 0 Å². The lowest BCUT2D eigenvalue weighted by Crippen LogP contribution is -2.03. The van der Waals surface area contributed by atoms with Crippen LogP contribution in [0.15, 0.2) is 40.9 Å². The number of ether oxygens (including phenoxy) is 1. The van der Waals surface area contributed by atoms with Crippen LogP contribution in [0.2, 0.25) is 0 Å². The minimum atomic E-state index is 0.431. The highest BCUT2D eigenvalue weighted by atomic mass is 79.9. The summed E-state index contributed by atoms with van der Waals surface area (Å²) in [6.07, 6.45) is 0.864. The van der Waals surface area contributed by atoms with E-state index in [0.29, 0.717) is 12.5 Å². The SMILES string of the molecule is Cc1ccc(C(C)C)c(Oc2ccc(CCN)c(Br)c2)c1.